The molecule has 2 aromatic rings. The second-order valence-corrected chi connectivity index (χ2v) is 6.69. The van der Waals surface area contributed by atoms with Crippen LogP contribution in [0.2, 0.25) is 5.02 Å². The highest BCUT2D eigenvalue weighted by Crippen LogP contribution is 2.31. The first-order valence-electron chi connectivity index (χ1n) is 6.03. The molecule has 0 radical (unpaired) electrons. The quantitative estimate of drug-likeness (QED) is 0.862. The molecule has 0 saturated carbocycles. The molecule has 0 aliphatic carbocycles. The van der Waals surface area contributed by atoms with Crippen LogP contribution in [0.1, 0.15) is 10.4 Å². The first kappa shape index (κ1) is 14.9. The van der Waals surface area contributed by atoms with Crippen molar-refractivity contribution >= 4 is 44.6 Å². The molecule has 1 aromatic heterocycles. The molecule has 0 aliphatic rings. The number of halogens is 2. The van der Waals surface area contributed by atoms with Crippen LogP contribution in [0.5, 0.6) is 0 Å². The summed E-state index contributed by atoms with van der Waals surface area (Å²) in [5, 5.41) is 2.88. The zero-order chi connectivity index (χ0) is 13.8. The Hall–Kier alpha value is -0.550. The lowest BCUT2D eigenvalue weighted by molar-refractivity contribution is 0.903. The number of hydrogen-bond donors (Lipinski definition) is 1. The van der Waals surface area contributed by atoms with Gasteiger partial charge in [-0.1, -0.05) is 23.7 Å². The van der Waals surface area contributed by atoms with Crippen LogP contribution in [-0.2, 0) is 13.0 Å². The summed E-state index contributed by atoms with van der Waals surface area (Å²) in [6.07, 6.45) is 0.842. The Morgan fingerprint density at radius 3 is 2.84 bits per heavy atom. The number of nitrogens with two attached hydrogens (primary N) is 1. The van der Waals surface area contributed by atoms with E-state index in [1.807, 2.05) is 12.1 Å². The van der Waals surface area contributed by atoms with E-state index in [4.69, 9.17) is 17.3 Å². The predicted molar refractivity (Wildman–Crippen MR) is 88.3 cm³/mol. The Labute approximate surface area is 131 Å². The first-order chi connectivity index (χ1) is 9.11. The smallest absolute Gasteiger partial charge is 0.0642 e. The second-order valence-electron chi connectivity index (χ2n) is 4.37. The van der Waals surface area contributed by atoms with Gasteiger partial charge in [-0.05, 0) is 46.6 Å². The minimum absolute atomic E-state index is 0.631. The molecule has 0 amide bonds. The van der Waals surface area contributed by atoms with Crippen molar-refractivity contribution in [1.82, 2.24) is 0 Å². The molecule has 0 spiro atoms. The van der Waals surface area contributed by atoms with Gasteiger partial charge in [-0.15, -0.1) is 11.3 Å². The van der Waals surface area contributed by atoms with Gasteiger partial charge in [-0.25, -0.2) is 0 Å². The summed E-state index contributed by atoms with van der Waals surface area (Å²) in [7, 11) is 2.06. The largest absolute Gasteiger partial charge is 0.368 e. The third-order valence-electron chi connectivity index (χ3n) is 2.88. The van der Waals surface area contributed by atoms with Crippen molar-refractivity contribution in [2.45, 2.75) is 13.0 Å². The average Bonchev–Trinajstić information content (AvgIpc) is 2.75. The molecule has 0 saturated heterocycles. The number of para-hydroxylation sites is 1. The third kappa shape index (κ3) is 3.72. The number of rotatable bonds is 5. The molecule has 2 rings (SSSR count). The highest BCUT2D eigenvalue weighted by Gasteiger charge is 2.12. The molecule has 0 bridgehead atoms. The second kappa shape index (κ2) is 6.75. The number of thiophene rings is 1. The van der Waals surface area contributed by atoms with Gasteiger partial charge in [-0.3, -0.25) is 0 Å². The van der Waals surface area contributed by atoms with Gasteiger partial charge < -0.3 is 10.6 Å². The van der Waals surface area contributed by atoms with Crippen molar-refractivity contribution in [2.75, 3.05) is 18.5 Å². The van der Waals surface area contributed by atoms with Gasteiger partial charge >= 0.3 is 0 Å². The summed E-state index contributed by atoms with van der Waals surface area (Å²) in [4.78, 5) is 3.49. The molecule has 5 heteroatoms. The standard InChI is InChI=1S/C14H16BrClN2S/c1-18(8-12-7-11(15)9-19-12)14-10(5-6-17)3-2-4-13(14)16/h2-4,7,9H,5-6,8,17H2,1H3. The fourth-order valence-electron chi connectivity index (χ4n) is 2.09. The van der Waals surface area contributed by atoms with E-state index < -0.39 is 0 Å². The van der Waals surface area contributed by atoms with Gasteiger partial charge in [0.2, 0.25) is 0 Å². The van der Waals surface area contributed by atoms with Crippen molar-refractivity contribution in [3.8, 4) is 0 Å². The number of benzene rings is 1. The van der Waals surface area contributed by atoms with Gasteiger partial charge in [0.1, 0.15) is 0 Å². The summed E-state index contributed by atoms with van der Waals surface area (Å²) >= 11 is 11.6. The van der Waals surface area contributed by atoms with Crippen LogP contribution in [0.3, 0.4) is 0 Å². The summed E-state index contributed by atoms with van der Waals surface area (Å²) < 4.78 is 1.13. The van der Waals surface area contributed by atoms with Crippen LogP contribution >= 0.6 is 38.9 Å². The molecule has 0 unspecified atom stereocenters. The molecular formula is C14H16BrClN2S. The Kier molecular flexibility index (Phi) is 5.28. The van der Waals surface area contributed by atoms with Gasteiger partial charge in [0.25, 0.3) is 0 Å². The van der Waals surface area contributed by atoms with Crippen molar-refractivity contribution in [1.29, 1.82) is 0 Å². The summed E-state index contributed by atoms with van der Waals surface area (Å²) in [6, 6.07) is 8.14. The minimum Gasteiger partial charge on any atom is -0.368 e. The molecule has 0 atom stereocenters. The summed E-state index contributed by atoms with van der Waals surface area (Å²) in [5.41, 5.74) is 7.95. The van der Waals surface area contributed by atoms with Crippen LogP contribution < -0.4 is 10.6 Å². The molecule has 102 valence electrons. The van der Waals surface area contributed by atoms with E-state index in [0.29, 0.717) is 6.54 Å². The molecule has 0 aliphatic heterocycles. The lowest BCUT2D eigenvalue weighted by Gasteiger charge is -2.23. The summed E-state index contributed by atoms with van der Waals surface area (Å²) in [6.45, 7) is 1.48. The fraction of sp³-hybridized carbons (Fsp3) is 0.286. The van der Waals surface area contributed by atoms with E-state index in [0.717, 1.165) is 28.1 Å². The van der Waals surface area contributed by atoms with Gasteiger partial charge in [0.05, 0.1) is 17.3 Å². The molecular weight excluding hydrogens is 344 g/mol. The SMILES string of the molecule is CN(Cc1cc(Br)cs1)c1c(Cl)cccc1CCN. The van der Waals surface area contributed by atoms with Crippen LogP contribution in [0, 0.1) is 0 Å². The Morgan fingerprint density at radius 1 is 1.42 bits per heavy atom. The van der Waals surface area contributed by atoms with Crippen molar-refractivity contribution in [3.63, 3.8) is 0 Å². The monoisotopic (exact) mass is 358 g/mol. The number of nitrogens with zero attached hydrogens (tertiary/aromatic N) is 1. The van der Waals surface area contributed by atoms with Gasteiger partial charge in [0, 0.05) is 21.8 Å². The van der Waals surface area contributed by atoms with Crippen molar-refractivity contribution in [2.24, 2.45) is 5.73 Å². The Balaban J connectivity index is 2.24. The lowest BCUT2D eigenvalue weighted by atomic mass is 10.1. The van der Waals surface area contributed by atoms with Crippen molar-refractivity contribution in [3.05, 3.63) is 49.6 Å². The maximum Gasteiger partial charge on any atom is 0.0642 e. The third-order valence-corrected chi connectivity index (χ3v) is 4.87. The molecule has 1 aromatic carbocycles. The van der Waals surface area contributed by atoms with E-state index in [-0.39, 0.29) is 0 Å². The zero-order valence-corrected chi connectivity index (χ0v) is 13.9. The van der Waals surface area contributed by atoms with E-state index in [9.17, 15) is 0 Å². The highest BCUT2D eigenvalue weighted by atomic mass is 79.9. The van der Waals surface area contributed by atoms with E-state index in [2.05, 4.69) is 45.4 Å². The maximum atomic E-state index is 6.34. The topological polar surface area (TPSA) is 29.3 Å². The number of hydrogen-bond acceptors (Lipinski definition) is 3. The van der Waals surface area contributed by atoms with Gasteiger partial charge in [-0.2, -0.15) is 0 Å². The Morgan fingerprint density at radius 2 is 2.21 bits per heavy atom. The highest BCUT2D eigenvalue weighted by molar-refractivity contribution is 9.10. The van der Waals surface area contributed by atoms with Crippen LogP contribution in [0.15, 0.2) is 34.1 Å². The lowest BCUT2D eigenvalue weighted by Crippen LogP contribution is -2.18. The molecule has 2 nitrogen and oxygen atoms in total. The fourth-order valence-corrected chi connectivity index (χ4v) is 3.94. The van der Waals surface area contributed by atoms with Crippen LogP contribution in [-0.4, -0.2) is 13.6 Å². The van der Waals surface area contributed by atoms with E-state index >= 15 is 0 Å². The van der Waals surface area contributed by atoms with Gasteiger partial charge in [0.15, 0.2) is 0 Å². The maximum absolute atomic E-state index is 6.34. The molecule has 19 heavy (non-hydrogen) atoms. The zero-order valence-electron chi connectivity index (χ0n) is 10.7. The predicted octanol–water partition coefficient (Wildman–Crippen LogP) is 4.30. The molecule has 2 N–H and O–H groups in total. The average molecular weight is 360 g/mol. The molecule has 0 fully saturated rings. The number of anilines is 1. The Bertz CT molecular complexity index is 556. The van der Waals surface area contributed by atoms with E-state index in [1.165, 1.54) is 10.4 Å². The van der Waals surface area contributed by atoms with Crippen molar-refractivity contribution < 1.29 is 0 Å². The minimum atomic E-state index is 0.631. The normalized spacial score (nSPS) is 10.7. The van der Waals surface area contributed by atoms with Crippen LogP contribution in [0.25, 0.3) is 0 Å². The van der Waals surface area contributed by atoms with Crippen LogP contribution in [0.4, 0.5) is 5.69 Å². The molecule has 1 heterocycles. The first-order valence-corrected chi connectivity index (χ1v) is 8.08. The summed E-state index contributed by atoms with van der Waals surface area (Å²) in [5.74, 6) is 0. The van der Waals surface area contributed by atoms with E-state index in [1.54, 1.807) is 11.3 Å².